The summed E-state index contributed by atoms with van der Waals surface area (Å²) in [7, 11) is 0. The lowest BCUT2D eigenvalue weighted by Gasteiger charge is -2.21. The zero-order chi connectivity index (χ0) is 17.1. The summed E-state index contributed by atoms with van der Waals surface area (Å²) in [6.45, 7) is 2.16. The zero-order valence-electron chi connectivity index (χ0n) is 14.6. The molecular formula is C19H26N6. The summed E-state index contributed by atoms with van der Waals surface area (Å²) in [5, 5.41) is 4.37. The first-order valence-corrected chi connectivity index (χ1v) is 9.40. The van der Waals surface area contributed by atoms with Gasteiger partial charge in [-0.1, -0.05) is 19.3 Å². The maximum absolute atomic E-state index is 5.87. The van der Waals surface area contributed by atoms with Crippen molar-refractivity contribution in [2.45, 2.75) is 44.9 Å². The van der Waals surface area contributed by atoms with Crippen molar-refractivity contribution in [2.75, 3.05) is 18.0 Å². The van der Waals surface area contributed by atoms with E-state index in [-0.39, 0.29) is 0 Å². The zero-order valence-corrected chi connectivity index (χ0v) is 14.6. The summed E-state index contributed by atoms with van der Waals surface area (Å²) in [4.78, 5) is 11.8. The standard InChI is InChI=1S/C19H26N6/c20-12-16(15-6-2-1-3-7-15)13-21-17-14-22-25-11-8-18(23-19(17)25)24-9-4-5-10-24/h8,11-15H,1-7,9-10,20H2. The van der Waals surface area contributed by atoms with E-state index in [9.17, 15) is 0 Å². The van der Waals surface area contributed by atoms with Gasteiger partial charge in [0.15, 0.2) is 5.65 Å². The van der Waals surface area contributed by atoms with E-state index < -0.39 is 0 Å². The molecule has 3 heterocycles. The summed E-state index contributed by atoms with van der Waals surface area (Å²) >= 11 is 0. The van der Waals surface area contributed by atoms with Gasteiger partial charge in [-0.2, -0.15) is 5.10 Å². The molecule has 1 aliphatic carbocycles. The molecule has 0 aromatic carbocycles. The molecule has 2 N–H and O–H groups in total. The minimum absolute atomic E-state index is 0.539. The minimum atomic E-state index is 0.539. The van der Waals surface area contributed by atoms with Crippen LogP contribution in [-0.2, 0) is 0 Å². The number of aliphatic imine (C=N–C) groups is 1. The Bertz CT molecular complexity index is 778. The van der Waals surface area contributed by atoms with Crippen molar-refractivity contribution >= 4 is 23.4 Å². The van der Waals surface area contributed by atoms with Gasteiger partial charge in [0.25, 0.3) is 0 Å². The van der Waals surface area contributed by atoms with Crippen LogP contribution in [0.1, 0.15) is 44.9 Å². The van der Waals surface area contributed by atoms with Gasteiger partial charge < -0.3 is 10.6 Å². The molecule has 0 atom stereocenters. The largest absolute Gasteiger partial charge is 0.404 e. The van der Waals surface area contributed by atoms with Crippen molar-refractivity contribution in [1.29, 1.82) is 0 Å². The second-order valence-corrected chi connectivity index (χ2v) is 7.04. The Kier molecular flexibility index (Phi) is 4.68. The van der Waals surface area contributed by atoms with E-state index in [1.807, 2.05) is 18.5 Å². The molecule has 1 aliphatic heterocycles. The van der Waals surface area contributed by atoms with E-state index in [0.717, 1.165) is 35.8 Å². The van der Waals surface area contributed by atoms with Gasteiger partial charge in [0.1, 0.15) is 11.5 Å². The Hall–Kier alpha value is -2.37. The van der Waals surface area contributed by atoms with Crippen LogP contribution in [0, 0.1) is 5.92 Å². The Morgan fingerprint density at radius 2 is 1.96 bits per heavy atom. The molecular weight excluding hydrogens is 312 g/mol. The molecule has 0 radical (unpaired) electrons. The molecule has 6 heteroatoms. The molecule has 132 valence electrons. The number of hydrogen-bond acceptors (Lipinski definition) is 5. The van der Waals surface area contributed by atoms with Crippen LogP contribution in [0.25, 0.3) is 5.65 Å². The highest BCUT2D eigenvalue weighted by Gasteiger charge is 2.17. The van der Waals surface area contributed by atoms with Gasteiger partial charge in [-0.15, -0.1) is 0 Å². The number of aromatic nitrogens is 3. The van der Waals surface area contributed by atoms with Gasteiger partial charge >= 0.3 is 0 Å². The summed E-state index contributed by atoms with van der Waals surface area (Å²) in [5.41, 5.74) is 8.61. The first-order valence-electron chi connectivity index (χ1n) is 9.40. The van der Waals surface area contributed by atoms with Crippen molar-refractivity contribution in [3.05, 3.63) is 30.2 Å². The molecule has 2 fully saturated rings. The number of nitrogens with zero attached hydrogens (tertiary/aromatic N) is 5. The molecule has 2 aromatic heterocycles. The van der Waals surface area contributed by atoms with Crippen LogP contribution in [0.2, 0.25) is 0 Å². The second kappa shape index (κ2) is 7.25. The van der Waals surface area contributed by atoms with Gasteiger partial charge in [0, 0.05) is 25.5 Å². The van der Waals surface area contributed by atoms with Gasteiger partial charge in [-0.3, -0.25) is 4.99 Å². The van der Waals surface area contributed by atoms with Crippen LogP contribution in [-0.4, -0.2) is 33.9 Å². The third-order valence-electron chi connectivity index (χ3n) is 5.39. The van der Waals surface area contributed by atoms with Gasteiger partial charge in [-0.05, 0) is 49.4 Å². The number of hydrogen-bond donors (Lipinski definition) is 1. The number of nitrogens with two attached hydrogens (primary N) is 1. The fraction of sp³-hybridized carbons (Fsp3) is 0.526. The number of anilines is 1. The van der Waals surface area contributed by atoms with Crippen molar-refractivity contribution < 1.29 is 0 Å². The Morgan fingerprint density at radius 3 is 2.72 bits per heavy atom. The van der Waals surface area contributed by atoms with Crippen LogP contribution in [0.5, 0.6) is 0 Å². The molecule has 1 saturated heterocycles. The van der Waals surface area contributed by atoms with Gasteiger partial charge in [-0.25, -0.2) is 9.50 Å². The molecule has 2 aromatic rings. The van der Waals surface area contributed by atoms with Crippen LogP contribution in [0.15, 0.2) is 35.2 Å². The van der Waals surface area contributed by atoms with E-state index >= 15 is 0 Å². The molecule has 1 saturated carbocycles. The molecule has 0 unspecified atom stereocenters. The third kappa shape index (κ3) is 3.38. The minimum Gasteiger partial charge on any atom is -0.404 e. The van der Waals surface area contributed by atoms with Crippen molar-refractivity contribution in [3.63, 3.8) is 0 Å². The first-order chi connectivity index (χ1) is 12.3. The van der Waals surface area contributed by atoms with E-state index in [4.69, 9.17) is 10.7 Å². The lowest BCUT2D eigenvalue weighted by molar-refractivity contribution is 0.412. The SMILES string of the molecule is NC=C(C=Nc1cnn2ccc(N3CCCC3)nc12)C1CCCCC1. The van der Waals surface area contributed by atoms with Crippen molar-refractivity contribution in [1.82, 2.24) is 14.6 Å². The normalized spacial score (nSPS) is 20.2. The van der Waals surface area contributed by atoms with Crippen LogP contribution >= 0.6 is 0 Å². The fourth-order valence-electron chi connectivity index (χ4n) is 3.93. The Morgan fingerprint density at radius 1 is 1.16 bits per heavy atom. The average Bonchev–Trinajstić information content (AvgIpc) is 3.33. The molecule has 25 heavy (non-hydrogen) atoms. The lowest BCUT2D eigenvalue weighted by Crippen LogP contribution is -2.19. The second-order valence-electron chi connectivity index (χ2n) is 7.04. The molecule has 4 rings (SSSR count). The fourth-order valence-corrected chi connectivity index (χ4v) is 3.93. The average molecular weight is 338 g/mol. The van der Waals surface area contributed by atoms with Gasteiger partial charge in [0.05, 0.1) is 6.20 Å². The third-order valence-corrected chi connectivity index (χ3v) is 5.39. The predicted octanol–water partition coefficient (Wildman–Crippen LogP) is 3.45. The van der Waals surface area contributed by atoms with E-state index in [1.165, 1.54) is 44.9 Å². The number of allylic oxidation sites excluding steroid dienone is 1. The smallest absolute Gasteiger partial charge is 0.183 e. The molecule has 0 bridgehead atoms. The van der Waals surface area contributed by atoms with Gasteiger partial charge in [0.2, 0.25) is 0 Å². The summed E-state index contributed by atoms with van der Waals surface area (Å²) < 4.78 is 1.79. The Labute approximate surface area is 148 Å². The highest BCUT2D eigenvalue weighted by atomic mass is 15.3. The summed E-state index contributed by atoms with van der Waals surface area (Å²) in [5.74, 6) is 1.56. The van der Waals surface area contributed by atoms with Crippen molar-refractivity contribution in [2.24, 2.45) is 16.6 Å². The molecule has 0 spiro atoms. The van der Waals surface area contributed by atoms with Crippen molar-refractivity contribution in [3.8, 4) is 0 Å². The van der Waals surface area contributed by atoms with E-state index in [1.54, 1.807) is 16.9 Å². The molecule has 2 aliphatic rings. The first kappa shape index (κ1) is 16.1. The lowest BCUT2D eigenvalue weighted by atomic mass is 9.84. The summed E-state index contributed by atoms with van der Waals surface area (Å²) in [6, 6.07) is 2.03. The maximum Gasteiger partial charge on any atom is 0.183 e. The number of fused-ring (bicyclic) bond motifs is 1. The quantitative estimate of drug-likeness (QED) is 0.867. The number of rotatable bonds is 4. The van der Waals surface area contributed by atoms with Crippen LogP contribution < -0.4 is 10.6 Å². The van der Waals surface area contributed by atoms with E-state index in [0.29, 0.717) is 5.92 Å². The molecule has 6 nitrogen and oxygen atoms in total. The maximum atomic E-state index is 5.87. The predicted molar refractivity (Wildman–Crippen MR) is 101 cm³/mol. The molecule has 0 amide bonds. The van der Waals surface area contributed by atoms with Crippen LogP contribution in [0.3, 0.4) is 0 Å². The Balaban J connectivity index is 1.58. The van der Waals surface area contributed by atoms with Crippen LogP contribution in [0.4, 0.5) is 11.5 Å². The summed E-state index contributed by atoms with van der Waals surface area (Å²) in [6.07, 6.45) is 16.2. The highest BCUT2D eigenvalue weighted by molar-refractivity contribution is 5.83. The monoisotopic (exact) mass is 338 g/mol. The van der Waals surface area contributed by atoms with E-state index in [2.05, 4.69) is 15.0 Å². The highest BCUT2D eigenvalue weighted by Crippen LogP contribution is 2.29. The topological polar surface area (TPSA) is 71.8 Å².